The van der Waals surface area contributed by atoms with Crippen molar-refractivity contribution in [2.75, 3.05) is 5.32 Å². The molecule has 0 unspecified atom stereocenters. The molecule has 0 aliphatic heterocycles. The molecule has 1 N–H and O–H groups in total. The zero-order valence-electron chi connectivity index (χ0n) is 9.22. The first-order valence-electron chi connectivity index (χ1n) is 4.96. The summed E-state index contributed by atoms with van der Waals surface area (Å²) in [5.74, 6) is -0.346. The molecule has 19 heavy (non-hydrogen) atoms. The van der Waals surface area contributed by atoms with Crippen molar-refractivity contribution in [1.82, 2.24) is 0 Å². The third kappa shape index (κ3) is 3.43. The summed E-state index contributed by atoms with van der Waals surface area (Å²) < 4.78 is 0.980. The van der Waals surface area contributed by atoms with Gasteiger partial charge in [-0.3, -0.25) is 14.9 Å². The number of amides is 1. The predicted octanol–water partition coefficient (Wildman–Crippen LogP) is 4.17. The molecule has 2 rings (SSSR count). The van der Waals surface area contributed by atoms with Crippen molar-refractivity contribution in [1.29, 1.82) is 0 Å². The van der Waals surface area contributed by atoms with E-state index in [1.807, 2.05) is 0 Å². The minimum Gasteiger partial charge on any atom is -0.320 e. The van der Waals surface area contributed by atoms with E-state index < -0.39 is 4.92 Å². The summed E-state index contributed by atoms with van der Waals surface area (Å²) in [6.45, 7) is 0. The van der Waals surface area contributed by atoms with Crippen LogP contribution in [0.15, 0.2) is 29.6 Å². The number of hydrogen-bond acceptors (Lipinski definition) is 4. The molecule has 1 heterocycles. The maximum Gasteiger partial charge on any atom is 0.271 e. The summed E-state index contributed by atoms with van der Waals surface area (Å²) in [5, 5.41) is 15.2. The SMILES string of the molecule is O=C(Nc1cc([N+](=O)[O-])ccc1Cl)c1csc(I)c1. The van der Waals surface area contributed by atoms with Gasteiger partial charge in [0.25, 0.3) is 11.6 Å². The van der Waals surface area contributed by atoms with Crippen LogP contribution in [0.1, 0.15) is 10.4 Å². The van der Waals surface area contributed by atoms with E-state index in [1.54, 1.807) is 11.4 Å². The van der Waals surface area contributed by atoms with Crippen LogP contribution in [0.3, 0.4) is 0 Å². The van der Waals surface area contributed by atoms with Crippen molar-refractivity contribution >= 4 is 62.8 Å². The second kappa shape index (κ2) is 5.85. The molecule has 0 aliphatic carbocycles. The largest absolute Gasteiger partial charge is 0.320 e. The fourth-order valence-electron chi connectivity index (χ4n) is 1.35. The Labute approximate surface area is 130 Å². The van der Waals surface area contributed by atoms with Crippen LogP contribution in [-0.4, -0.2) is 10.8 Å². The van der Waals surface area contributed by atoms with Gasteiger partial charge < -0.3 is 5.32 Å². The maximum absolute atomic E-state index is 11.9. The summed E-state index contributed by atoms with van der Waals surface area (Å²) in [6.07, 6.45) is 0. The van der Waals surface area contributed by atoms with E-state index in [2.05, 4.69) is 27.9 Å². The lowest BCUT2D eigenvalue weighted by Crippen LogP contribution is -2.11. The number of nitro groups is 1. The number of anilines is 1. The van der Waals surface area contributed by atoms with Gasteiger partial charge in [0.1, 0.15) is 0 Å². The van der Waals surface area contributed by atoms with Gasteiger partial charge in [0.05, 0.1) is 24.1 Å². The highest BCUT2D eigenvalue weighted by Crippen LogP contribution is 2.27. The molecular formula is C11H6ClIN2O3S. The zero-order chi connectivity index (χ0) is 14.0. The Hall–Kier alpha value is -1.19. The lowest BCUT2D eigenvalue weighted by Gasteiger charge is -2.05. The Morgan fingerprint density at radius 1 is 1.42 bits per heavy atom. The van der Waals surface area contributed by atoms with Crippen molar-refractivity contribution in [3.05, 3.63) is 53.2 Å². The van der Waals surface area contributed by atoms with Gasteiger partial charge in [-0.05, 0) is 34.7 Å². The Balaban J connectivity index is 2.25. The van der Waals surface area contributed by atoms with Crippen molar-refractivity contribution < 1.29 is 9.72 Å². The van der Waals surface area contributed by atoms with Gasteiger partial charge in [-0.25, -0.2) is 0 Å². The standard InChI is InChI=1S/C11H6ClIN2O3S/c12-8-2-1-7(15(17)18)4-9(8)14-11(16)6-3-10(13)19-5-6/h1-5H,(H,14,16). The Morgan fingerprint density at radius 2 is 2.16 bits per heavy atom. The molecule has 8 heteroatoms. The fraction of sp³-hybridized carbons (Fsp3) is 0. The molecule has 1 amide bonds. The lowest BCUT2D eigenvalue weighted by atomic mass is 10.2. The Morgan fingerprint density at radius 3 is 2.74 bits per heavy atom. The Kier molecular flexibility index (Phi) is 4.38. The molecule has 0 atom stereocenters. The van der Waals surface area contributed by atoms with Crippen molar-refractivity contribution in [3.8, 4) is 0 Å². The fourth-order valence-corrected chi connectivity index (χ4v) is 2.84. The van der Waals surface area contributed by atoms with Crippen molar-refractivity contribution in [2.24, 2.45) is 0 Å². The zero-order valence-corrected chi connectivity index (χ0v) is 13.0. The maximum atomic E-state index is 11.9. The monoisotopic (exact) mass is 408 g/mol. The third-order valence-corrected chi connectivity index (χ3v) is 4.36. The summed E-state index contributed by atoms with van der Waals surface area (Å²) in [6, 6.07) is 5.63. The molecule has 0 bridgehead atoms. The number of hydrogen-bond donors (Lipinski definition) is 1. The van der Waals surface area contributed by atoms with E-state index in [0.29, 0.717) is 5.56 Å². The molecule has 98 valence electrons. The highest BCUT2D eigenvalue weighted by molar-refractivity contribution is 14.1. The molecule has 0 fully saturated rings. The van der Waals surface area contributed by atoms with Gasteiger partial charge in [0.15, 0.2) is 0 Å². The average Bonchev–Trinajstić information content (AvgIpc) is 2.78. The highest BCUT2D eigenvalue weighted by atomic mass is 127. The number of non-ortho nitro benzene ring substituents is 1. The number of halogens is 2. The average molecular weight is 409 g/mol. The molecule has 0 aliphatic rings. The van der Waals surface area contributed by atoms with Gasteiger partial charge in [-0.1, -0.05) is 11.6 Å². The minimum atomic E-state index is -0.542. The number of nitrogens with one attached hydrogen (secondary N) is 1. The number of nitrogens with zero attached hydrogens (tertiary/aromatic N) is 1. The normalized spacial score (nSPS) is 10.2. The molecule has 0 saturated heterocycles. The summed E-state index contributed by atoms with van der Waals surface area (Å²) in [4.78, 5) is 22.1. The number of carbonyl (C=O) groups is 1. The van der Waals surface area contributed by atoms with E-state index in [4.69, 9.17) is 11.6 Å². The molecule has 1 aromatic heterocycles. The Bertz CT molecular complexity index is 659. The van der Waals surface area contributed by atoms with Crippen LogP contribution in [-0.2, 0) is 0 Å². The van der Waals surface area contributed by atoms with Gasteiger partial charge in [-0.15, -0.1) is 11.3 Å². The van der Waals surface area contributed by atoms with Gasteiger partial charge in [0, 0.05) is 17.5 Å². The molecule has 0 spiro atoms. The molecule has 0 radical (unpaired) electrons. The van der Waals surface area contributed by atoms with E-state index in [-0.39, 0.29) is 22.3 Å². The predicted molar refractivity (Wildman–Crippen MR) is 83.1 cm³/mol. The van der Waals surface area contributed by atoms with Crippen LogP contribution in [0.4, 0.5) is 11.4 Å². The van der Waals surface area contributed by atoms with E-state index in [9.17, 15) is 14.9 Å². The number of nitro benzene ring substituents is 1. The first-order chi connectivity index (χ1) is 8.97. The summed E-state index contributed by atoms with van der Waals surface area (Å²) >= 11 is 9.45. The van der Waals surface area contributed by atoms with Gasteiger partial charge in [-0.2, -0.15) is 0 Å². The second-order valence-corrected chi connectivity index (χ2v) is 6.73. The highest BCUT2D eigenvalue weighted by Gasteiger charge is 2.14. The van der Waals surface area contributed by atoms with Crippen LogP contribution < -0.4 is 5.32 Å². The quantitative estimate of drug-likeness (QED) is 0.471. The number of benzene rings is 1. The first kappa shape index (κ1) is 14.2. The second-order valence-electron chi connectivity index (χ2n) is 3.51. The van der Waals surface area contributed by atoms with Gasteiger partial charge >= 0.3 is 0 Å². The van der Waals surface area contributed by atoms with E-state index in [1.165, 1.54) is 29.5 Å². The number of rotatable bonds is 3. The molecule has 2 aromatic rings. The van der Waals surface area contributed by atoms with Crippen molar-refractivity contribution in [3.63, 3.8) is 0 Å². The van der Waals surface area contributed by atoms with E-state index >= 15 is 0 Å². The summed E-state index contributed by atoms with van der Waals surface area (Å²) in [5.41, 5.74) is 0.596. The van der Waals surface area contributed by atoms with Crippen LogP contribution in [0.25, 0.3) is 0 Å². The van der Waals surface area contributed by atoms with Gasteiger partial charge in [0.2, 0.25) is 0 Å². The van der Waals surface area contributed by atoms with Crippen LogP contribution in [0.2, 0.25) is 5.02 Å². The topological polar surface area (TPSA) is 72.2 Å². The van der Waals surface area contributed by atoms with Crippen LogP contribution in [0.5, 0.6) is 0 Å². The smallest absolute Gasteiger partial charge is 0.271 e. The molecule has 5 nitrogen and oxygen atoms in total. The van der Waals surface area contributed by atoms with Crippen LogP contribution >= 0.6 is 45.5 Å². The number of thiophene rings is 1. The van der Waals surface area contributed by atoms with Crippen LogP contribution in [0, 0.1) is 13.0 Å². The van der Waals surface area contributed by atoms with Crippen molar-refractivity contribution in [2.45, 2.75) is 0 Å². The minimum absolute atomic E-state index is 0.125. The third-order valence-electron chi connectivity index (χ3n) is 2.24. The summed E-state index contributed by atoms with van der Waals surface area (Å²) in [7, 11) is 0. The first-order valence-corrected chi connectivity index (χ1v) is 7.30. The van der Waals surface area contributed by atoms with E-state index in [0.717, 1.165) is 2.88 Å². The molecule has 0 saturated carbocycles. The lowest BCUT2D eigenvalue weighted by molar-refractivity contribution is -0.384. The number of carbonyl (C=O) groups excluding carboxylic acids is 1. The molecule has 1 aromatic carbocycles. The molecular weight excluding hydrogens is 403 g/mol.